The van der Waals surface area contributed by atoms with E-state index in [1.807, 2.05) is 0 Å². The van der Waals surface area contributed by atoms with Gasteiger partial charge in [-0.2, -0.15) is 0 Å². The largest absolute Gasteiger partial charge is 0.317 e. The van der Waals surface area contributed by atoms with Crippen molar-refractivity contribution in [3.8, 4) is 0 Å². The number of rotatable bonds is 2. The van der Waals surface area contributed by atoms with E-state index in [-0.39, 0.29) is 10.9 Å². The second-order valence-electron chi connectivity index (χ2n) is 5.02. The first kappa shape index (κ1) is 15.0. The molecule has 6 heteroatoms. The lowest BCUT2D eigenvalue weighted by atomic mass is 10.1. The van der Waals surface area contributed by atoms with E-state index in [1.54, 1.807) is 6.92 Å². The molecule has 3 nitrogen and oxygen atoms in total. The molecule has 0 spiro atoms. The summed E-state index contributed by atoms with van der Waals surface area (Å²) in [5, 5.41) is 2.46. The van der Waals surface area contributed by atoms with Crippen LogP contribution in [0.15, 0.2) is 42.5 Å². The van der Waals surface area contributed by atoms with Gasteiger partial charge in [0.25, 0.3) is 5.91 Å². The van der Waals surface area contributed by atoms with Crippen LogP contribution in [0.3, 0.4) is 0 Å². The number of carbonyl (C=O) groups is 1. The first-order valence-electron chi connectivity index (χ1n) is 6.78. The number of aryl methyl sites for hydroxylation is 1. The van der Waals surface area contributed by atoms with Gasteiger partial charge in [0.2, 0.25) is 0 Å². The SMILES string of the molecule is Cc1cc(C(=O)Nc2c(F)cccc2F)c2cc(F)ccc2n1. The number of amides is 1. The number of pyridine rings is 1. The first-order valence-corrected chi connectivity index (χ1v) is 6.78. The summed E-state index contributed by atoms with van der Waals surface area (Å²) in [4.78, 5) is 16.6. The Morgan fingerprint density at radius 2 is 1.74 bits per heavy atom. The van der Waals surface area contributed by atoms with Crippen LogP contribution in [0.5, 0.6) is 0 Å². The molecular weight excluding hydrogens is 305 g/mol. The fraction of sp³-hybridized carbons (Fsp3) is 0.0588. The van der Waals surface area contributed by atoms with Crippen LogP contribution in [0.4, 0.5) is 18.9 Å². The summed E-state index contributed by atoms with van der Waals surface area (Å²) < 4.78 is 40.8. The summed E-state index contributed by atoms with van der Waals surface area (Å²) in [6.07, 6.45) is 0. The van der Waals surface area contributed by atoms with Crippen molar-refractivity contribution in [2.75, 3.05) is 5.32 Å². The molecule has 0 saturated heterocycles. The third-order valence-corrected chi connectivity index (χ3v) is 3.34. The number of para-hydroxylation sites is 1. The van der Waals surface area contributed by atoms with Crippen molar-refractivity contribution in [1.82, 2.24) is 4.98 Å². The van der Waals surface area contributed by atoms with Gasteiger partial charge in [-0.3, -0.25) is 9.78 Å². The zero-order chi connectivity index (χ0) is 16.6. The van der Waals surface area contributed by atoms with Gasteiger partial charge in [0.1, 0.15) is 23.1 Å². The third-order valence-electron chi connectivity index (χ3n) is 3.34. The van der Waals surface area contributed by atoms with Crippen LogP contribution in [0.2, 0.25) is 0 Å². The van der Waals surface area contributed by atoms with Crippen molar-refractivity contribution in [3.63, 3.8) is 0 Å². The van der Waals surface area contributed by atoms with E-state index in [0.29, 0.717) is 11.2 Å². The molecule has 0 aliphatic heterocycles. The zero-order valence-corrected chi connectivity index (χ0v) is 12.0. The van der Waals surface area contributed by atoms with Gasteiger partial charge in [-0.05, 0) is 43.3 Å². The monoisotopic (exact) mass is 316 g/mol. The number of halogens is 3. The fourth-order valence-electron chi connectivity index (χ4n) is 2.32. The Labute approximate surface area is 129 Å². The van der Waals surface area contributed by atoms with Crippen LogP contribution in [-0.2, 0) is 0 Å². The number of aromatic nitrogens is 1. The van der Waals surface area contributed by atoms with E-state index in [4.69, 9.17) is 0 Å². The van der Waals surface area contributed by atoms with Crippen molar-refractivity contribution in [3.05, 3.63) is 71.2 Å². The van der Waals surface area contributed by atoms with E-state index in [9.17, 15) is 18.0 Å². The Balaban J connectivity index is 2.09. The standard InChI is InChI=1S/C17H11F3N2O/c1-9-7-12(11-8-10(18)5-6-15(11)21-9)17(23)22-16-13(19)3-2-4-14(16)20/h2-8H,1H3,(H,22,23). The minimum absolute atomic E-state index is 0.0923. The molecule has 116 valence electrons. The predicted octanol–water partition coefficient (Wildman–Crippen LogP) is 4.21. The van der Waals surface area contributed by atoms with E-state index >= 15 is 0 Å². The quantitative estimate of drug-likeness (QED) is 0.769. The van der Waals surface area contributed by atoms with Gasteiger partial charge in [0.15, 0.2) is 0 Å². The molecule has 0 aliphatic carbocycles. The number of fused-ring (bicyclic) bond motifs is 1. The lowest BCUT2D eigenvalue weighted by Crippen LogP contribution is -2.15. The smallest absolute Gasteiger partial charge is 0.256 e. The average molecular weight is 316 g/mol. The molecule has 0 fully saturated rings. The Kier molecular flexibility index (Phi) is 3.73. The van der Waals surface area contributed by atoms with Crippen molar-refractivity contribution in [1.29, 1.82) is 0 Å². The molecule has 3 rings (SSSR count). The molecule has 1 amide bonds. The van der Waals surface area contributed by atoms with Crippen LogP contribution in [-0.4, -0.2) is 10.9 Å². The molecule has 0 unspecified atom stereocenters. The second kappa shape index (κ2) is 5.72. The summed E-state index contributed by atoms with van der Waals surface area (Å²) in [5.74, 6) is -3.05. The number of carbonyl (C=O) groups excluding carboxylic acids is 1. The minimum Gasteiger partial charge on any atom is -0.317 e. The summed E-state index contributed by atoms with van der Waals surface area (Å²) in [7, 11) is 0. The van der Waals surface area contributed by atoms with Crippen LogP contribution >= 0.6 is 0 Å². The lowest BCUT2D eigenvalue weighted by Gasteiger charge is -2.10. The van der Waals surface area contributed by atoms with Gasteiger partial charge < -0.3 is 5.32 Å². The van der Waals surface area contributed by atoms with Crippen molar-refractivity contribution in [2.45, 2.75) is 6.92 Å². The normalized spacial score (nSPS) is 10.8. The minimum atomic E-state index is -0.889. The molecule has 0 bridgehead atoms. The predicted molar refractivity (Wildman–Crippen MR) is 80.7 cm³/mol. The third kappa shape index (κ3) is 2.88. The molecule has 0 saturated carbocycles. The summed E-state index contributed by atoms with van der Waals surface area (Å²) in [5.41, 5.74) is 0.500. The van der Waals surface area contributed by atoms with Crippen molar-refractivity contribution in [2.24, 2.45) is 0 Å². The Bertz CT molecular complexity index is 905. The van der Waals surface area contributed by atoms with E-state index in [1.165, 1.54) is 24.3 Å². The molecule has 0 atom stereocenters. The Morgan fingerprint density at radius 1 is 1.04 bits per heavy atom. The van der Waals surface area contributed by atoms with Gasteiger partial charge in [-0.15, -0.1) is 0 Å². The summed E-state index contributed by atoms with van der Waals surface area (Å²) in [6, 6.07) is 8.54. The number of hydrogen-bond donors (Lipinski definition) is 1. The molecular formula is C17H11F3N2O. The van der Waals surface area contributed by atoms with Crippen molar-refractivity contribution < 1.29 is 18.0 Å². The van der Waals surface area contributed by atoms with Crippen LogP contribution in [0.1, 0.15) is 16.1 Å². The van der Waals surface area contributed by atoms with Gasteiger partial charge in [0, 0.05) is 11.1 Å². The maximum atomic E-state index is 13.7. The van der Waals surface area contributed by atoms with E-state index < -0.39 is 29.0 Å². The molecule has 3 aromatic rings. The topological polar surface area (TPSA) is 42.0 Å². The molecule has 1 aromatic heterocycles. The zero-order valence-electron chi connectivity index (χ0n) is 12.0. The highest BCUT2D eigenvalue weighted by Crippen LogP contribution is 2.23. The lowest BCUT2D eigenvalue weighted by molar-refractivity contribution is 0.102. The number of nitrogens with zero attached hydrogens (tertiary/aromatic N) is 1. The molecule has 1 N–H and O–H groups in total. The number of anilines is 1. The Hall–Kier alpha value is -2.89. The number of benzene rings is 2. The van der Waals surface area contributed by atoms with Crippen molar-refractivity contribution >= 4 is 22.5 Å². The molecule has 2 aromatic carbocycles. The molecule has 23 heavy (non-hydrogen) atoms. The van der Waals surface area contributed by atoms with Gasteiger partial charge in [-0.25, -0.2) is 13.2 Å². The molecule has 0 aliphatic rings. The molecule has 1 heterocycles. The van der Waals surface area contributed by atoms with E-state index in [0.717, 1.165) is 18.2 Å². The maximum absolute atomic E-state index is 13.7. The highest BCUT2D eigenvalue weighted by Gasteiger charge is 2.17. The highest BCUT2D eigenvalue weighted by atomic mass is 19.1. The van der Waals surface area contributed by atoms with Gasteiger partial charge in [-0.1, -0.05) is 6.07 Å². The Morgan fingerprint density at radius 3 is 2.43 bits per heavy atom. The van der Waals surface area contributed by atoms with Crippen LogP contribution in [0.25, 0.3) is 10.9 Å². The summed E-state index contributed by atoms with van der Waals surface area (Å²) in [6.45, 7) is 1.67. The second-order valence-corrected chi connectivity index (χ2v) is 5.02. The number of hydrogen-bond acceptors (Lipinski definition) is 2. The average Bonchev–Trinajstić information content (AvgIpc) is 2.50. The van der Waals surface area contributed by atoms with Gasteiger partial charge in [0.05, 0.1) is 11.1 Å². The van der Waals surface area contributed by atoms with Crippen LogP contribution < -0.4 is 5.32 Å². The van der Waals surface area contributed by atoms with Gasteiger partial charge >= 0.3 is 0 Å². The fourth-order valence-corrected chi connectivity index (χ4v) is 2.32. The van der Waals surface area contributed by atoms with E-state index in [2.05, 4.69) is 10.3 Å². The highest BCUT2D eigenvalue weighted by molar-refractivity contribution is 6.12. The molecule has 0 radical (unpaired) electrons. The number of nitrogens with one attached hydrogen (secondary N) is 1. The van der Waals surface area contributed by atoms with Crippen LogP contribution in [0, 0.1) is 24.4 Å². The first-order chi connectivity index (χ1) is 11.0. The summed E-state index contributed by atoms with van der Waals surface area (Å²) >= 11 is 0. The maximum Gasteiger partial charge on any atom is 0.256 e.